The number of hydrogen-bond acceptors (Lipinski definition) is 3. The Balaban J connectivity index is 1.68. The van der Waals surface area contributed by atoms with Crippen molar-refractivity contribution in [3.63, 3.8) is 0 Å². The minimum atomic E-state index is -3.55. The van der Waals surface area contributed by atoms with E-state index in [2.05, 4.69) is 18.3 Å². The highest BCUT2D eigenvalue weighted by atomic mass is 32.2. The first-order valence-electron chi connectivity index (χ1n) is 10.4. The molecule has 1 fully saturated rings. The molecule has 0 saturated carbocycles. The van der Waals surface area contributed by atoms with E-state index in [0.29, 0.717) is 31.1 Å². The van der Waals surface area contributed by atoms with Crippen LogP contribution in [-0.2, 0) is 10.0 Å². The first-order valence-corrected chi connectivity index (χ1v) is 11.9. The molecule has 0 bridgehead atoms. The molecule has 1 saturated heterocycles. The van der Waals surface area contributed by atoms with E-state index in [0.717, 1.165) is 37.7 Å². The van der Waals surface area contributed by atoms with Crippen LogP contribution in [0, 0.1) is 12.8 Å². The van der Waals surface area contributed by atoms with Crippen molar-refractivity contribution in [2.24, 2.45) is 5.92 Å². The maximum Gasteiger partial charge on any atom is 0.251 e. The molecule has 6 heteroatoms. The third kappa shape index (κ3) is 5.03. The molecule has 0 radical (unpaired) electrons. The first-order chi connectivity index (χ1) is 13.4. The van der Waals surface area contributed by atoms with Crippen molar-refractivity contribution < 1.29 is 13.2 Å². The minimum absolute atomic E-state index is 0.196. The Bertz CT molecular complexity index is 837. The van der Waals surface area contributed by atoms with Crippen LogP contribution in [0.5, 0.6) is 0 Å². The molecule has 1 amide bonds. The molecule has 1 aromatic rings. The number of nitrogens with one attached hydrogen (secondary N) is 1. The Labute approximate surface area is 169 Å². The predicted molar refractivity (Wildman–Crippen MR) is 112 cm³/mol. The zero-order valence-electron chi connectivity index (χ0n) is 17.0. The Morgan fingerprint density at radius 2 is 1.96 bits per heavy atom. The average molecular weight is 405 g/mol. The van der Waals surface area contributed by atoms with Crippen LogP contribution in [0.3, 0.4) is 0 Å². The summed E-state index contributed by atoms with van der Waals surface area (Å²) >= 11 is 0. The lowest BCUT2D eigenvalue weighted by Gasteiger charge is -2.29. The van der Waals surface area contributed by atoms with E-state index in [1.54, 1.807) is 16.4 Å². The number of benzene rings is 1. The van der Waals surface area contributed by atoms with Crippen LogP contribution in [0.25, 0.3) is 0 Å². The molecule has 28 heavy (non-hydrogen) atoms. The van der Waals surface area contributed by atoms with Crippen molar-refractivity contribution in [3.05, 3.63) is 41.0 Å². The lowest BCUT2D eigenvalue weighted by atomic mass is 9.97. The Hall–Kier alpha value is -1.66. The molecule has 0 spiro atoms. The number of carbonyl (C=O) groups is 1. The maximum atomic E-state index is 13.0. The third-order valence-electron chi connectivity index (χ3n) is 5.95. The van der Waals surface area contributed by atoms with Crippen molar-refractivity contribution in [3.8, 4) is 0 Å². The summed E-state index contributed by atoms with van der Waals surface area (Å²) in [5.74, 6) is 0.364. The molecular weight excluding hydrogens is 372 g/mol. The van der Waals surface area contributed by atoms with Crippen molar-refractivity contribution >= 4 is 15.9 Å². The van der Waals surface area contributed by atoms with Crippen molar-refractivity contribution in [1.29, 1.82) is 0 Å². The zero-order chi connectivity index (χ0) is 20.1. The van der Waals surface area contributed by atoms with Crippen LogP contribution < -0.4 is 5.32 Å². The molecular formula is C22H32N2O3S. The van der Waals surface area contributed by atoms with Gasteiger partial charge < -0.3 is 5.32 Å². The van der Waals surface area contributed by atoms with Gasteiger partial charge in [0, 0.05) is 25.2 Å². The molecule has 2 aliphatic rings. The highest BCUT2D eigenvalue weighted by Crippen LogP contribution is 2.25. The number of hydrogen-bond donors (Lipinski definition) is 1. The van der Waals surface area contributed by atoms with E-state index in [1.165, 1.54) is 24.5 Å². The molecule has 0 atom stereocenters. The lowest BCUT2D eigenvalue weighted by Crippen LogP contribution is -2.38. The Kier molecular flexibility index (Phi) is 6.94. The molecule has 1 aromatic carbocycles. The molecule has 1 aliphatic carbocycles. The topological polar surface area (TPSA) is 66.5 Å². The van der Waals surface area contributed by atoms with Crippen LogP contribution in [0.4, 0.5) is 0 Å². The molecule has 1 heterocycles. The summed E-state index contributed by atoms with van der Waals surface area (Å²) in [6.45, 7) is 5.69. The fourth-order valence-corrected chi connectivity index (χ4v) is 5.44. The van der Waals surface area contributed by atoms with Gasteiger partial charge in [-0.1, -0.05) is 24.6 Å². The quantitative estimate of drug-likeness (QED) is 0.728. The van der Waals surface area contributed by atoms with Gasteiger partial charge in [0.1, 0.15) is 0 Å². The van der Waals surface area contributed by atoms with Crippen LogP contribution in [0.15, 0.2) is 34.7 Å². The second-order valence-electron chi connectivity index (χ2n) is 8.18. The monoisotopic (exact) mass is 404 g/mol. The summed E-state index contributed by atoms with van der Waals surface area (Å²) in [5, 5.41) is 2.96. The number of nitrogens with zero attached hydrogens (tertiary/aromatic N) is 1. The van der Waals surface area contributed by atoms with Gasteiger partial charge in [0.05, 0.1) is 4.90 Å². The van der Waals surface area contributed by atoms with Crippen LogP contribution in [-0.4, -0.2) is 38.3 Å². The fraction of sp³-hybridized carbons (Fsp3) is 0.591. The smallest absolute Gasteiger partial charge is 0.251 e. The van der Waals surface area contributed by atoms with E-state index in [9.17, 15) is 13.2 Å². The van der Waals surface area contributed by atoms with Crippen LogP contribution in [0.2, 0.25) is 0 Å². The number of aryl methyl sites for hydroxylation is 1. The molecule has 0 unspecified atom stereocenters. The summed E-state index contributed by atoms with van der Waals surface area (Å²) in [7, 11) is -3.55. The molecule has 154 valence electrons. The van der Waals surface area contributed by atoms with Gasteiger partial charge in [-0.15, -0.1) is 0 Å². The summed E-state index contributed by atoms with van der Waals surface area (Å²) in [4.78, 5) is 12.9. The van der Waals surface area contributed by atoms with Gasteiger partial charge in [0.25, 0.3) is 5.91 Å². The summed E-state index contributed by atoms with van der Waals surface area (Å²) in [6.07, 6.45) is 9.67. The highest BCUT2D eigenvalue weighted by molar-refractivity contribution is 7.89. The fourth-order valence-electron chi connectivity index (χ4n) is 3.94. The number of rotatable bonds is 6. The van der Waals surface area contributed by atoms with Gasteiger partial charge in [0.2, 0.25) is 10.0 Å². The van der Waals surface area contributed by atoms with E-state index in [1.807, 2.05) is 6.92 Å². The summed E-state index contributed by atoms with van der Waals surface area (Å²) < 4.78 is 27.5. The number of piperidine rings is 1. The zero-order valence-corrected chi connectivity index (χ0v) is 17.9. The van der Waals surface area contributed by atoms with Gasteiger partial charge >= 0.3 is 0 Å². The second kappa shape index (κ2) is 9.23. The van der Waals surface area contributed by atoms with Crippen molar-refractivity contribution in [1.82, 2.24) is 9.62 Å². The maximum absolute atomic E-state index is 13.0. The summed E-state index contributed by atoms with van der Waals surface area (Å²) in [6, 6.07) is 4.89. The molecule has 1 N–H and O–H groups in total. The molecule has 3 rings (SSSR count). The average Bonchev–Trinajstić information content (AvgIpc) is 2.69. The normalized spacial score (nSPS) is 19.3. The van der Waals surface area contributed by atoms with E-state index in [-0.39, 0.29) is 10.8 Å². The Morgan fingerprint density at radius 1 is 1.21 bits per heavy atom. The van der Waals surface area contributed by atoms with Gasteiger partial charge in [-0.3, -0.25) is 4.79 Å². The molecule has 0 aromatic heterocycles. The van der Waals surface area contributed by atoms with E-state index < -0.39 is 10.0 Å². The van der Waals surface area contributed by atoms with Crippen molar-refractivity contribution in [2.75, 3.05) is 19.6 Å². The molecule has 5 nitrogen and oxygen atoms in total. The van der Waals surface area contributed by atoms with Gasteiger partial charge in [-0.05, 0) is 75.5 Å². The van der Waals surface area contributed by atoms with Crippen molar-refractivity contribution in [2.45, 2.75) is 63.7 Å². The minimum Gasteiger partial charge on any atom is -0.352 e. The Morgan fingerprint density at radius 3 is 2.64 bits per heavy atom. The molecule has 1 aliphatic heterocycles. The third-order valence-corrected chi connectivity index (χ3v) is 7.85. The van der Waals surface area contributed by atoms with E-state index in [4.69, 9.17) is 0 Å². The van der Waals surface area contributed by atoms with Crippen LogP contribution >= 0.6 is 0 Å². The predicted octanol–water partition coefficient (Wildman–Crippen LogP) is 4.04. The van der Waals surface area contributed by atoms with E-state index >= 15 is 0 Å². The largest absolute Gasteiger partial charge is 0.352 e. The lowest BCUT2D eigenvalue weighted by molar-refractivity contribution is 0.0953. The standard InChI is InChI=1S/C22H32N2O3S/c1-17-11-14-24(15-12-17)28(26,27)20-9-8-18(2)21(16-20)22(25)23-13-10-19-6-4-3-5-7-19/h6,8-9,16-17H,3-5,7,10-15H2,1-2H3,(H,23,25). The van der Waals surface area contributed by atoms with Crippen LogP contribution in [0.1, 0.15) is 67.8 Å². The summed E-state index contributed by atoms with van der Waals surface area (Å²) in [5.41, 5.74) is 2.66. The SMILES string of the molecule is Cc1ccc(S(=O)(=O)N2CCC(C)CC2)cc1C(=O)NCCC1=CCCCC1. The number of carbonyl (C=O) groups excluding carboxylic acids is 1. The van der Waals surface area contributed by atoms with Gasteiger partial charge in [-0.25, -0.2) is 8.42 Å². The number of sulfonamides is 1. The number of allylic oxidation sites excluding steroid dienone is 1. The van der Waals surface area contributed by atoms with Gasteiger partial charge in [-0.2, -0.15) is 4.31 Å². The number of amides is 1. The van der Waals surface area contributed by atoms with Gasteiger partial charge in [0.15, 0.2) is 0 Å². The first kappa shape index (κ1) is 21.1. The second-order valence-corrected chi connectivity index (χ2v) is 10.1. The highest BCUT2D eigenvalue weighted by Gasteiger charge is 2.28.